The molecule has 2 N–H and O–H groups in total. The van der Waals surface area contributed by atoms with Crippen LogP contribution in [-0.2, 0) is 0 Å². The van der Waals surface area contributed by atoms with Gasteiger partial charge in [0.05, 0.1) is 0 Å². The normalized spacial score (nSPS) is 10.8. The van der Waals surface area contributed by atoms with Crippen LogP contribution in [0.2, 0.25) is 0 Å². The quantitative estimate of drug-likeness (QED) is 0.803. The minimum absolute atomic E-state index is 0.245. The number of hydrogen-bond acceptors (Lipinski definition) is 2. The van der Waals surface area contributed by atoms with E-state index in [1.54, 1.807) is 5.32 Å². The van der Waals surface area contributed by atoms with Crippen molar-refractivity contribution in [2.75, 3.05) is 11.9 Å². The summed E-state index contributed by atoms with van der Waals surface area (Å²) in [5.41, 5.74) is 0.563. The average molecular weight is 246 g/mol. The third-order valence-electron chi connectivity index (χ3n) is 1.73. The van der Waals surface area contributed by atoms with Gasteiger partial charge in [0.15, 0.2) is 0 Å². The Morgan fingerprint density at radius 1 is 1.35 bits per heavy atom. The Morgan fingerprint density at radius 2 is 2.06 bits per heavy atom. The fourth-order valence-corrected chi connectivity index (χ4v) is 1.05. The van der Waals surface area contributed by atoms with Crippen molar-refractivity contribution in [3.63, 3.8) is 0 Å². The third-order valence-corrected chi connectivity index (χ3v) is 1.73. The smallest absolute Gasteiger partial charge is 0.329 e. The predicted molar refractivity (Wildman–Crippen MR) is 54.9 cm³/mol. The number of aldehydes is 1. The summed E-state index contributed by atoms with van der Waals surface area (Å²) in [6.07, 6.45) is -3.89. The molecule has 92 valence electrons. The zero-order chi connectivity index (χ0) is 12.9. The van der Waals surface area contributed by atoms with E-state index in [2.05, 4.69) is 5.32 Å². The summed E-state index contributed by atoms with van der Waals surface area (Å²) in [5, 5.41) is 3.83. The highest BCUT2D eigenvalue weighted by molar-refractivity contribution is 5.90. The number of amides is 2. The molecule has 0 unspecified atom stereocenters. The Hall–Kier alpha value is -2.05. The number of anilines is 1. The van der Waals surface area contributed by atoms with E-state index in [1.165, 1.54) is 24.3 Å². The van der Waals surface area contributed by atoms with E-state index in [0.717, 1.165) is 0 Å². The Balaban J connectivity index is 2.53. The number of urea groups is 1. The van der Waals surface area contributed by atoms with Crippen LogP contribution in [0.3, 0.4) is 0 Å². The summed E-state index contributed by atoms with van der Waals surface area (Å²) in [6.45, 7) is -1.41. The molecule has 4 nitrogen and oxygen atoms in total. The number of rotatable bonds is 3. The summed E-state index contributed by atoms with van der Waals surface area (Å²) in [7, 11) is 0. The van der Waals surface area contributed by atoms with Crippen LogP contribution in [0, 0.1) is 0 Å². The summed E-state index contributed by atoms with van der Waals surface area (Å²) in [6, 6.07) is 4.83. The van der Waals surface area contributed by atoms with E-state index in [1.807, 2.05) is 0 Å². The lowest BCUT2D eigenvalue weighted by Crippen LogP contribution is -2.36. The number of nitrogens with one attached hydrogen (secondary N) is 2. The number of benzene rings is 1. The van der Waals surface area contributed by atoms with E-state index in [-0.39, 0.29) is 5.69 Å². The zero-order valence-electron chi connectivity index (χ0n) is 8.54. The summed E-state index contributed by atoms with van der Waals surface area (Å²) < 4.78 is 35.4. The number of hydrogen-bond donors (Lipinski definition) is 2. The van der Waals surface area contributed by atoms with E-state index in [4.69, 9.17) is 0 Å². The molecule has 1 aromatic rings. The molecule has 0 radical (unpaired) electrons. The molecule has 0 aliphatic heterocycles. The second-order valence-corrected chi connectivity index (χ2v) is 3.17. The van der Waals surface area contributed by atoms with Gasteiger partial charge in [-0.15, -0.1) is 0 Å². The third kappa shape index (κ3) is 5.01. The predicted octanol–water partition coefficient (Wildman–Crippen LogP) is 2.18. The van der Waals surface area contributed by atoms with Crippen molar-refractivity contribution in [3.8, 4) is 0 Å². The number of carbonyl (C=O) groups excluding carboxylic acids is 2. The Labute approximate surface area is 94.8 Å². The number of halogens is 3. The van der Waals surface area contributed by atoms with Gasteiger partial charge < -0.3 is 10.6 Å². The first kappa shape index (κ1) is 13.0. The van der Waals surface area contributed by atoms with Crippen LogP contribution in [-0.4, -0.2) is 25.0 Å². The van der Waals surface area contributed by atoms with Gasteiger partial charge in [-0.25, -0.2) is 4.79 Å². The van der Waals surface area contributed by atoms with E-state index in [9.17, 15) is 22.8 Å². The minimum Gasteiger partial charge on any atom is -0.329 e. The Morgan fingerprint density at radius 3 is 2.65 bits per heavy atom. The van der Waals surface area contributed by atoms with Gasteiger partial charge in [-0.3, -0.25) is 4.79 Å². The van der Waals surface area contributed by atoms with Gasteiger partial charge in [-0.05, 0) is 12.1 Å². The number of carbonyl (C=O) groups is 2. The lowest BCUT2D eigenvalue weighted by molar-refractivity contribution is -0.122. The first-order chi connectivity index (χ1) is 7.90. The van der Waals surface area contributed by atoms with E-state index < -0.39 is 18.8 Å². The minimum atomic E-state index is -4.46. The van der Waals surface area contributed by atoms with Gasteiger partial charge >= 0.3 is 12.2 Å². The van der Waals surface area contributed by atoms with Crippen LogP contribution in [0.15, 0.2) is 24.3 Å². The second kappa shape index (κ2) is 5.33. The molecule has 0 aliphatic carbocycles. The zero-order valence-corrected chi connectivity index (χ0v) is 8.54. The van der Waals surface area contributed by atoms with Gasteiger partial charge in [0.1, 0.15) is 12.8 Å². The van der Waals surface area contributed by atoms with Gasteiger partial charge in [-0.2, -0.15) is 13.2 Å². The Kier molecular flexibility index (Phi) is 4.08. The molecule has 2 amide bonds. The van der Waals surface area contributed by atoms with Crippen LogP contribution in [0.4, 0.5) is 23.7 Å². The lowest BCUT2D eigenvalue weighted by atomic mass is 10.2. The van der Waals surface area contributed by atoms with Crippen molar-refractivity contribution in [1.29, 1.82) is 0 Å². The largest absolute Gasteiger partial charge is 0.405 e. The molecule has 0 heterocycles. The van der Waals surface area contributed by atoms with Gasteiger partial charge in [0, 0.05) is 11.3 Å². The average Bonchev–Trinajstić information content (AvgIpc) is 2.26. The molecule has 0 fully saturated rings. The highest BCUT2D eigenvalue weighted by Gasteiger charge is 2.27. The maximum Gasteiger partial charge on any atom is 0.405 e. The number of alkyl halides is 3. The van der Waals surface area contributed by atoms with Crippen LogP contribution in [0.5, 0.6) is 0 Å². The van der Waals surface area contributed by atoms with E-state index in [0.29, 0.717) is 11.8 Å². The van der Waals surface area contributed by atoms with Crippen molar-refractivity contribution in [2.45, 2.75) is 6.18 Å². The van der Waals surface area contributed by atoms with Crippen LogP contribution < -0.4 is 10.6 Å². The van der Waals surface area contributed by atoms with Crippen molar-refractivity contribution >= 4 is 18.0 Å². The molecule has 0 aromatic heterocycles. The van der Waals surface area contributed by atoms with Crippen molar-refractivity contribution < 1.29 is 22.8 Å². The first-order valence-electron chi connectivity index (χ1n) is 4.57. The molecule has 7 heteroatoms. The molecular weight excluding hydrogens is 237 g/mol. The maximum absolute atomic E-state index is 11.8. The highest BCUT2D eigenvalue weighted by atomic mass is 19.4. The molecule has 0 spiro atoms. The standard InChI is InChI=1S/C10H9F3N2O2/c11-10(12,13)6-14-9(17)15-8-3-1-2-7(4-8)5-16/h1-5H,6H2,(H2,14,15,17). The Bertz CT molecular complexity index is 418. The first-order valence-corrected chi connectivity index (χ1v) is 4.57. The highest BCUT2D eigenvalue weighted by Crippen LogP contribution is 2.13. The molecule has 0 bridgehead atoms. The molecule has 0 saturated carbocycles. The molecule has 0 aliphatic rings. The van der Waals surface area contributed by atoms with Crippen LogP contribution in [0.25, 0.3) is 0 Å². The summed E-state index contributed by atoms with van der Waals surface area (Å²) in [5.74, 6) is 0. The topological polar surface area (TPSA) is 58.2 Å². The van der Waals surface area contributed by atoms with E-state index >= 15 is 0 Å². The monoisotopic (exact) mass is 246 g/mol. The van der Waals surface area contributed by atoms with Gasteiger partial charge in [-0.1, -0.05) is 12.1 Å². The van der Waals surface area contributed by atoms with Crippen molar-refractivity contribution in [1.82, 2.24) is 5.32 Å². The van der Waals surface area contributed by atoms with Crippen LogP contribution in [0.1, 0.15) is 10.4 Å². The van der Waals surface area contributed by atoms with Crippen LogP contribution >= 0.6 is 0 Å². The van der Waals surface area contributed by atoms with Gasteiger partial charge in [0.25, 0.3) is 0 Å². The molecule has 0 saturated heterocycles. The van der Waals surface area contributed by atoms with Crippen molar-refractivity contribution in [3.05, 3.63) is 29.8 Å². The van der Waals surface area contributed by atoms with Gasteiger partial charge in [0.2, 0.25) is 0 Å². The van der Waals surface area contributed by atoms with Crippen molar-refractivity contribution in [2.24, 2.45) is 0 Å². The summed E-state index contributed by atoms with van der Waals surface area (Å²) >= 11 is 0. The summed E-state index contributed by atoms with van der Waals surface area (Å²) in [4.78, 5) is 21.5. The lowest BCUT2D eigenvalue weighted by Gasteiger charge is -2.09. The SMILES string of the molecule is O=Cc1cccc(NC(=O)NCC(F)(F)F)c1. The fourth-order valence-electron chi connectivity index (χ4n) is 1.05. The molecule has 0 atom stereocenters. The molecule has 1 aromatic carbocycles. The second-order valence-electron chi connectivity index (χ2n) is 3.17. The fraction of sp³-hybridized carbons (Fsp3) is 0.200. The molecule has 17 heavy (non-hydrogen) atoms. The molecule has 1 rings (SSSR count). The maximum atomic E-state index is 11.8. The molecular formula is C10H9F3N2O2.